The van der Waals surface area contributed by atoms with Gasteiger partial charge >= 0.3 is 5.97 Å². The minimum absolute atomic E-state index is 0.0394. The van der Waals surface area contributed by atoms with Crippen LogP contribution in [-0.2, 0) is 9.53 Å². The van der Waals surface area contributed by atoms with Crippen molar-refractivity contribution in [3.63, 3.8) is 0 Å². The standard InChI is InChI=1S/C8H12O4/c9-3-5-4-1-8(11)12-7(4)2-6(5)10/h4-7,9-10H,1-3H2/t4-,5?,6-,7+/m0/s1. The van der Waals surface area contributed by atoms with E-state index < -0.39 is 6.10 Å². The van der Waals surface area contributed by atoms with Gasteiger partial charge in [0.15, 0.2) is 0 Å². The summed E-state index contributed by atoms with van der Waals surface area (Å²) < 4.78 is 4.98. The summed E-state index contributed by atoms with van der Waals surface area (Å²) in [6.07, 6.45) is 0.192. The average molecular weight is 172 g/mol. The van der Waals surface area contributed by atoms with Gasteiger partial charge in [0.1, 0.15) is 6.10 Å². The Morgan fingerprint density at radius 1 is 1.58 bits per heavy atom. The van der Waals surface area contributed by atoms with Crippen LogP contribution < -0.4 is 0 Å². The molecule has 2 N–H and O–H groups in total. The zero-order valence-electron chi connectivity index (χ0n) is 6.64. The van der Waals surface area contributed by atoms with Crippen LogP contribution in [0.4, 0.5) is 0 Å². The molecule has 2 fully saturated rings. The summed E-state index contributed by atoms with van der Waals surface area (Å²) in [6, 6.07) is 0. The molecule has 4 nitrogen and oxygen atoms in total. The lowest BCUT2D eigenvalue weighted by atomic mass is 9.93. The third-order valence-corrected chi connectivity index (χ3v) is 2.89. The summed E-state index contributed by atoms with van der Waals surface area (Å²) in [4.78, 5) is 10.8. The minimum atomic E-state index is -0.502. The molecule has 0 aromatic carbocycles. The van der Waals surface area contributed by atoms with Gasteiger partial charge in [-0.05, 0) is 0 Å². The number of ether oxygens (including phenoxy) is 1. The highest BCUT2D eigenvalue weighted by Gasteiger charge is 2.49. The molecule has 1 saturated carbocycles. The lowest BCUT2D eigenvalue weighted by Crippen LogP contribution is -2.23. The van der Waals surface area contributed by atoms with Crippen molar-refractivity contribution in [2.75, 3.05) is 6.61 Å². The number of hydrogen-bond donors (Lipinski definition) is 2. The van der Waals surface area contributed by atoms with E-state index in [0.717, 1.165) is 0 Å². The molecule has 2 aliphatic rings. The van der Waals surface area contributed by atoms with Crippen LogP contribution in [0, 0.1) is 11.8 Å². The van der Waals surface area contributed by atoms with E-state index >= 15 is 0 Å². The minimum Gasteiger partial charge on any atom is -0.462 e. The summed E-state index contributed by atoms with van der Waals surface area (Å²) >= 11 is 0. The highest BCUT2D eigenvalue weighted by atomic mass is 16.6. The van der Waals surface area contributed by atoms with E-state index in [4.69, 9.17) is 9.84 Å². The van der Waals surface area contributed by atoms with Crippen molar-refractivity contribution < 1.29 is 19.7 Å². The number of aliphatic hydroxyl groups is 2. The van der Waals surface area contributed by atoms with Crippen LogP contribution in [0.15, 0.2) is 0 Å². The second-order valence-electron chi connectivity index (χ2n) is 3.55. The van der Waals surface area contributed by atoms with E-state index in [-0.39, 0.29) is 30.5 Å². The Morgan fingerprint density at radius 3 is 3.00 bits per heavy atom. The van der Waals surface area contributed by atoms with Crippen molar-refractivity contribution in [3.05, 3.63) is 0 Å². The number of hydrogen-bond acceptors (Lipinski definition) is 4. The molecule has 0 radical (unpaired) electrons. The largest absolute Gasteiger partial charge is 0.462 e. The maximum absolute atomic E-state index is 10.8. The van der Waals surface area contributed by atoms with Crippen molar-refractivity contribution in [2.24, 2.45) is 11.8 Å². The van der Waals surface area contributed by atoms with E-state index in [1.54, 1.807) is 0 Å². The maximum atomic E-state index is 10.8. The first-order chi connectivity index (χ1) is 5.72. The van der Waals surface area contributed by atoms with Crippen molar-refractivity contribution in [1.82, 2.24) is 0 Å². The second kappa shape index (κ2) is 2.71. The first-order valence-corrected chi connectivity index (χ1v) is 4.20. The molecule has 1 saturated heterocycles. The first-order valence-electron chi connectivity index (χ1n) is 4.20. The quantitative estimate of drug-likeness (QED) is 0.513. The van der Waals surface area contributed by atoms with Gasteiger partial charge in [-0.1, -0.05) is 0 Å². The fourth-order valence-electron chi connectivity index (χ4n) is 2.23. The first kappa shape index (κ1) is 8.01. The number of carbonyl (C=O) groups excluding carboxylic acids is 1. The number of rotatable bonds is 1. The van der Waals surface area contributed by atoms with Gasteiger partial charge in [-0.15, -0.1) is 0 Å². The van der Waals surface area contributed by atoms with Crippen LogP contribution in [0.1, 0.15) is 12.8 Å². The Bertz CT molecular complexity index is 203. The van der Waals surface area contributed by atoms with E-state index in [2.05, 4.69) is 0 Å². The topological polar surface area (TPSA) is 66.8 Å². The van der Waals surface area contributed by atoms with Gasteiger partial charge in [0.25, 0.3) is 0 Å². The number of aliphatic hydroxyl groups excluding tert-OH is 2. The Labute approximate surface area is 70.1 Å². The molecule has 0 aromatic heterocycles. The molecule has 1 aliphatic carbocycles. The molecule has 1 unspecified atom stereocenters. The zero-order chi connectivity index (χ0) is 8.72. The van der Waals surface area contributed by atoms with Crippen LogP contribution >= 0.6 is 0 Å². The molecule has 4 atom stereocenters. The molecule has 1 heterocycles. The summed E-state index contributed by atoms with van der Waals surface area (Å²) in [5.74, 6) is -0.325. The lowest BCUT2D eigenvalue weighted by molar-refractivity contribution is -0.141. The molecular formula is C8H12O4. The molecule has 4 heteroatoms. The normalized spacial score (nSPS) is 46.0. The molecule has 68 valence electrons. The second-order valence-corrected chi connectivity index (χ2v) is 3.55. The van der Waals surface area contributed by atoms with Crippen LogP contribution in [0.25, 0.3) is 0 Å². The van der Waals surface area contributed by atoms with Gasteiger partial charge < -0.3 is 14.9 Å². The molecule has 1 aliphatic heterocycles. The molecular weight excluding hydrogens is 160 g/mol. The van der Waals surface area contributed by atoms with Gasteiger partial charge in [-0.25, -0.2) is 0 Å². The van der Waals surface area contributed by atoms with Gasteiger partial charge in [-0.3, -0.25) is 4.79 Å². The molecule has 0 aromatic rings. The Kier molecular flexibility index (Phi) is 1.81. The summed E-state index contributed by atoms with van der Waals surface area (Å²) in [7, 11) is 0. The van der Waals surface area contributed by atoms with Gasteiger partial charge in [0.05, 0.1) is 12.5 Å². The predicted molar refractivity (Wildman–Crippen MR) is 39.2 cm³/mol. The Hall–Kier alpha value is -0.610. The van der Waals surface area contributed by atoms with Crippen LogP contribution in [-0.4, -0.2) is 35.0 Å². The van der Waals surface area contributed by atoms with E-state index in [1.165, 1.54) is 0 Å². The third kappa shape index (κ3) is 1.03. The van der Waals surface area contributed by atoms with Gasteiger partial charge in [0, 0.05) is 24.9 Å². The number of fused-ring (bicyclic) bond motifs is 1. The third-order valence-electron chi connectivity index (χ3n) is 2.89. The fourth-order valence-corrected chi connectivity index (χ4v) is 2.23. The molecule has 0 bridgehead atoms. The molecule has 0 spiro atoms. The zero-order valence-corrected chi connectivity index (χ0v) is 6.64. The highest BCUT2D eigenvalue weighted by Crippen LogP contribution is 2.40. The monoisotopic (exact) mass is 172 g/mol. The number of esters is 1. The maximum Gasteiger partial charge on any atom is 0.306 e. The lowest BCUT2D eigenvalue weighted by Gasteiger charge is -2.14. The Balaban J connectivity index is 2.11. The predicted octanol–water partition coefficient (Wildman–Crippen LogP) is -0.709. The summed E-state index contributed by atoms with van der Waals surface area (Å²) in [5, 5.41) is 18.4. The number of carbonyl (C=O) groups is 1. The van der Waals surface area contributed by atoms with Crippen molar-refractivity contribution >= 4 is 5.97 Å². The van der Waals surface area contributed by atoms with Gasteiger partial charge in [-0.2, -0.15) is 0 Å². The van der Waals surface area contributed by atoms with E-state index in [0.29, 0.717) is 12.8 Å². The van der Waals surface area contributed by atoms with Crippen LogP contribution in [0.5, 0.6) is 0 Å². The smallest absolute Gasteiger partial charge is 0.306 e. The van der Waals surface area contributed by atoms with Crippen LogP contribution in [0.2, 0.25) is 0 Å². The average Bonchev–Trinajstić information content (AvgIpc) is 2.43. The SMILES string of the molecule is O=C1C[C@H]2C(CO)[C@@H](O)C[C@H]2O1. The van der Waals surface area contributed by atoms with Crippen molar-refractivity contribution in [2.45, 2.75) is 25.0 Å². The molecule has 0 amide bonds. The highest BCUT2D eigenvalue weighted by molar-refractivity contribution is 5.72. The fraction of sp³-hybridized carbons (Fsp3) is 0.875. The molecule has 12 heavy (non-hydrogen) atoms. The van der Waals surface area contributed by atoms with Crippen molar-refractivity contribution in [1.29, 1.82) is 0 Å². The van der Waals surface area contributed by atoms with E-state index in [1.807, 2.05) is 0 Å². The van der Waals surface area contributed by atoms with E-state index in [9.17, 15) is 9.90 Å². The van der Waals surface area contributed by atoms with Crippen LogP contribution in [0.3, 0.4) is 0 Å². The van der Waals surface area contributed by atoms with Gasteiger partial charge in [0.2, 0.25) is 0 Å². The molecule has 2 rings (SSSR count). The van der Waals surface area contributed by atoms with Crippen molar-refractivity contribution in [3.8, 4) is 0 Å². The summed E-state index contributed by atoms with van der Waals surface area (Å²) in [5.41, 5.74) is 0. The Morgan fingerprint density at radius 2 is 2.33 bits per heavy atom. The summed E-state index contributed by atoms with van der Waals surface area (Å²) in [6.45, 7) is -0.0566.